The smallest absolute Gasteiger partial charge is 0.341 e. The molecular formula is C14H14O3. The van der Waals surface area contributed by atoms with E-state index >= 15 is 0 Å². The van der Waals surface area contributed by atoms with Gasteiger partial charge in [-0.25, -0.2) is 4.79 Å². The van der Waals surface area contributed by atoms with Crippen molar-refractivity contribution in [3.05, 3.63) is 60.2 Å². The standard InChI is InChI=1S/C14H14O3/c15-13(16)14(17,11-7-3-1-4-8-11)12-9-5-2-6-10-12/h1-9,12,17H,10H2,(H,15,16). The van der Waals surface area contributed by atoms with Crippen molar-refractivity contribution < 1.29 is 15.0 Å². The second-order valence-corrected chi connectivity index (χ2v) is 4.09. The average Bonchev–Trinajstić information content (AvgIpc) is 2.39. The minimum absolute atomic E-state index is 0.414. The molecule has 0 spiro atoms. The summed E-state index contributed by atoms with van der Waals surface area (Å²) in [6.45, 7) is 0. The van der Waals surface area contributed by atoms with E-state index in [1.54, 1.807) is 42.5 Å². The van der Waals surface area contributed by atoms with Gasteiger partial charge in [0.2, 0.25) is 0 Å². The van der Waals surface area contributed by atoms with Crippen molar-refractivity contribution >= 4 is 5.97 Å². The van der Waals surface area contributed by atoms with Crippen molar-refractivity contribution in [2.75, 3.05) is 0 Å². The average molecular weight is 230 g/mol. The lowest BCUT2D eigenvalue weighted by Crippen LogP contribution is -2.42. The zero-order valence-corrected chi connectivity index (χ0v) is 9.28. The van der Waals surface area contributed by atoms with Crippen LogP contribution in [0, 0.1) is 5.92 Å². The summed E-state index contributed by atoms with van der Waals surface area (Å²) >= 11 is 0. The minimum atomic E-state index is -1.86. The summed E-state index contributed by atoms with van der Waals surface area (Å²) in [5.41, 5.74) is -1.44. The molecule has 0 aromatic heterocycles. The Morgan fingerprint density at radius 3 is 2.47 bits per heavy atom. The predicted octanol–water partition coefficient (Wildman–Crippen LogP) is 2.09. The normalized spacial score (nSPS) is 22.1. The molecule has 0 heterocycles. The monoisotopic (exact) mass is 230 g/mol. The van der Waals surface area contributed by atoms with Crippen LogP contribution < -0.4 is 0 Å². The third-order valence-corrected chi connectivity index (χ3v) is 3.06. The van der Waals surface area contributed by atoms with E-state index in [9.17, 15) is 15.0 Å². The number of aliphatic hydroxyl groups is 1. The molecule has 1 aliphatic carbocycles. The van der Waals surface area contributed by atoms with E-state index in [4.69, 9.17) is 0 Å². The van der Waals surface area contributed by atoms with Gasteiger partial charge in [0.15, 0.2) is 5.60 Å². The van der Waals surface area contributed by atoms with E-state index in [0.717, 1.165) is 0 Å². The third kappa shape index (κ3) is 2.01. The van der Waals surface area contributed by atoms with E-state index in [1.807, 2.05) is 12.2 Å². The van der Waals surface area contributed by atoms with Crippen LogP contribution in [0.4, 0.5) is 0 Å². The minimum Gasteiger partial charge on any atom is -0.479 e. The van der Waals surface area contributed by atoms with Crippen LogP contribution in [-0.2, 0) is 10.4 Å². The lowest BCUT2D eigenvalue weighted by Gasteiger charge is -2.31. The van der Waals surface area contributed by atoms with Gasteiger partial charge in [-0.2, -0.15) is 0 Å². The second-order valence-electron chi connectivity index (χ2n) is 4.09. The van der Waals surface area contributed by atoms with E-state index in [0.29, 0.717) is 12.0 Å². The largest absolute Gasteiger partial charge is 0.479 e. The quantitative estimate of drug-likeness (QED) is 0.836. The zero-order chi connectivity index (χ0) is 12.3. The lowest BCUT2D eigenvalue weighted by molar-refractivity contribution is -0.164. The van der Waals surface area contributed by atoms with Crippen LogP contribution in [0.2, 0.25) is 0 Å². The van der Waals surface area contributed by atoms with Gasteiger partial charge in [0, 0.05) is 5.92 Å². The molecule has 0 bridgehead atoms. The summed E-state index contributed by atoms with van der Waals surface area (Å²) in [7, 11) is 0. The van der Waals surface area contributed by atoms with Crippen molar-refractivity contribution in [1.82, 2.24) is 0 Å². The third-order valence-electron chi connectivity index (χ3n) is 3.06. The molecule has 17 heavy (non-hydrogen) atoms. The Balaban J connectivity index is 2.43. The highest BCUT2D eigenvalue weighted by atomic mass is 16.4. The molecule has 1 aliphatic rings. The number of carbonyl (C=O) groups is 1. The fourth-order valence-electron chi connectivity index (χ4n) is 2.08. The Labute approximate surface area is 99.7 Å². The topological polar surface area (TPSA) is 57.5 Å². The summed E-state index contributed by atoms with van der Waals surface area (Å²) < 4.78 is 0. The van der Waals surface area contributed by atoms with Crippen LogP contribution in [0.1, 0.15) is 12.0 Å². The van der Waals surface area contributed by atoms with Gasteiger partial charge in [0.1, 0.15) is 0 Å². The Morgan fingerprint density at radius 1 is 1.24 bits per heavy atom. The maximum absolute atomic E-state index is 11.4. The van der Waals surface area contributed by atoms with Crippen molar-refractivity contribution in [3.8, 4) is 0 Å². The summed E-state index contributed by atoms with van der Waals surface area (Å²) in [6, 6.07) is 8.53. The molecule has 0 fully saturated rings. The summed E-state index contributed by atoms with van der Waals surface area (Å²) in [4.78, 5) is 11.4. The molecule has 0 saturated carbocycles. The maximum atomic E-state index is 11.4. The lowest BCUT2D eigenvalue weighted by atomic mass is 9.78. The predicted molar refractivity (Wildman–Crippen MR) is 64.4 cm³/mol. The van der Waals surface area contributed by atoms with Crippen LogP contribution >= 0.6 is 0 Å². The second kappa shape index (κ2) is 4.55. The Kier molecular flexibility index (Phi) is 3.11. The Morgan fingerprint density at radius 2 is 1.94 bits per heavy atom. The van der Waals surface area contributed by atoms with Gasteiger partial charge in [0.05, 0.1) is 0 Å². The van der Waals surface area contributed by atoms with Gasteiger partial charge >= 0.3 is 5.97 Å². The summed E-state index contributed by atoms with van der Waals surface area (Å²) in [5.74, 6) is -1.65. The van der Waals surface area contributed by atoms with Gasteiger partial charge in [0.25, 0.3) is 0 Å². The van der Waals surface area contributed by atoms with Crippen LogP contribution in [-0.4, -0.2) is 16.2 Å². The van der Waals surface area contributed by atoms with Crippen molar-refractivity contribution in [2.45, 2.75) is 12.0 Å². The highest BCUT2D eigenvalue weighted by Gasteiger charge is 2.44. The van der Waals surface area contributed by atoms with E-state index in [2.05, 4.69) is 0 Å². The molecule has 0 amide bonds. The fourth-order valence-corrected chi connectivity index (χ4v) is 2.08. The number of hydrogen-bond donors (Lipinski definition) is 2. The van der Waals surface area contributed by atoms with Crippen LogP contribution in [0.15, 0.2) is 54.6 Å². The first-order chi connectivity index (χ1) is 8.15. The number of benzene rings is 1. The van der Waals surface area contributed by atoms with Crippen molar-refractivity contribution in [1.29, 1.82) is 0 Å². The SMILES string of the molecule is O=C(O)C(O)(c1ccccc1)C1C=CC=CC1. The molecule has 1 aromatic rings. The molecule has 2 atom stereocenters. The van der Waals surface area contributed by atoms with Crippen LogP contribution in [0.3, 0.4) is 0 Å². The van der Waals surface area contributed by atoms with Gasteiger partial charge in [-0.05, 0) is 12.0 Å². The molecule has 0 saturated heterocycles. The molecule has 88 valence electrons. The van der Waals surface area contributed by atoms with Gasteiger partial charge in [-0.3, -0.25) is 0 Å². The molecule has 1 aromatic carbocycles. The van der Waals surface area contributed by atoms with Gasteiger partial charge in [-0.1, -0.05) is 54.6 Å². The van der Waals surface area contributed by atoms with Gasteiger partial charge < -0.3 is 10.2 Å². The first-order valence-electron chi connectivity index (χ1n) is 5.50. The van der Waals surface area contributed by atoms with Crippen LogP contribution in [0.5, 0.6) is 0 Å². The molecule has 3 heteroatoms. The van der Waals surface area contributed by atoms with Gasteiger partial charge in [-0.15, -0.1) is 0 Å². The number of carboxylic acids is 1. The molecule has 2 unspecified atom stereocenters. The first-order valence-corrected chi connectivity index (χ1v) is 5.50. The molecule has 2 rings (SSSR count). The van der Waals surface area contributed by atoms with Crippen molar-refractivity contribution in [2.24, 2.45) is 5.92 Å². The zero-order valence-electron chi connectivity index (χ0n) is 9.28. The van der Waals surface area contributed by atoms with E-state index in [1.165, 1.54) is 0 Å². The van der Waals surface area contributed by atoms with Crippen molar-refractivity contribution in [3.63, 3.8) is 0 Å². The molecule has 0 aliphatic heterocycles. The number of rotatable bonds is 3. The molecule has 3 nitrogen and oxygen atoms in total. The highest BCUT2D eigenvalue weighted by molar-refractivity contribution is 5.80. The van der Waals surface area contributed by atoms with E-state index < -0.39 is 17.5 Å². The maximum Gasteiger partial charge on any atom is 0.341 e. The highest BCUT2D eigenvalue weighted by Crippen LogP contribution is 2.34. The Hall–Kier alpha value is -1.87. The number of allylic oxidation sites excluding steroid dienone is 3. The first kappa shape index (κ1) is 11.6. The number of hydrogen-bond acceptors (Lipinski definition) is 2. The molecule has 0 radical (unpaired) electrons. The van der Waals surface area contributed by atoms with E-state index in [-0.39, 0.29) is 0 Å². The number of aliphatic carboxylic acids is 1. The molecular weight excluding hydrogens is 216 g/mol. The summed E-state index contributed by atoms with van der Waals surface area (Å²) in [5, 5.41) is 19.8. The Bertz CT molecular complexity index is 462. The fraction of sp³-hybridized carbons (Fsp3) is 0.214. The van der Waals surface area contributed by atoms with Crippen LogP contribution in [0.25, 0.3) is 0 Å². The number of carboxylic acid groups (broad SMARTS) is 1. The summed E-state index contributed by atoms with van der Waals surface area (Å²) in [6.07, 6.45) is 7.74. The molecule has 2 N–H and O–H groups in total.